The van der Waals surface area contributed by atoms with Crippen molar-refractivity contribution in [2.75, 3.05) is 25.1 Å². The molecule has 2 aromatic carbocycles. The van der Waals surface area contributed by atoms with Gasteiger partial charge in [0.2, 0.25) is 5.82 Å². The maximum Gasteiger partial charge on any atom is 0.259 e. The molecule has 1 atom stereocenters. The fourth-order valence-corrected chi connectivity index (χ4v) is 4.09. The van der Waals surface area contributed by atoms with Gasteiger partial charge in [0.25, 0.3) is 5.89 Å². The van der Waals surface area contributed by atoms with Gasteiger partial charge in [0, 0.05) is 24.0 Å². The Morgan fingerprint density at radius 3 is 2.70 bits per heavy atom. The molecule has 1 aliphatic rings. The van der Waals surface area contributed by atoms with E-state index in [1.54, 1.807) is 7.11 Å². The Bertz CT molecular complexity index is 1170. The topological polar surface area (TPSA) is 64.3 Å². The molecule has 1 saturated heterocycles. The summed E-state index contributed by atoms with van der Waals surface area (Å²) in [6.45, 7) is 4.34. The van der Waals surface area contributed by atoms with E-state index < -0.39 is 0 Å². The summed E-state index contributed by atoms with van der Waals surface area (Å²) in [6, 6.07) is 17.8. The Morgan fingerprint density at radius 2 is 1.90 bits per heavy atom. The second-order valence-corrected chi connectivity index (χ2v) is 7.89. The Labute approximate surface area is 175 Å². The van der Waals surface area contributed by atoms with Crippen LogP contribution in [0.15, 0.2) is 59.1 Å². The highest BCUT2D eigenvalue weighted by atomic mass is 16.5. The standard InChI is InChI=1S/C24H24N4O2/c1-16-6-5-13-28(15-16)22-14-20(19-7-3-4-8-21(19)25-22)24-26-23(27-30-24)17-9-11-18(29-2)12-10-17/h3-4,7-12,14,16H,5-6,13,15H2,1-2H3. The van der Waals surface area contributed by atoms with Crippen molar-refractivity contribution in [1.82, 2.24) is 15.1 Å². The molecule has 0 N–H and O–H groups in total. The van der Waals surface area contributed by atoms with E-state index in [-0.39, 0.29) is 0 Å². The van der Waals surface area contributed by atoms with E-state index in [4.69, 9.17) is 19.2 Å². The van der Waals surface area contributed by atoms with Gasteiger partial charge < -0.3 is 14.2 Å². The molecule has 1 fully saturated rings. The second-order valence-electron chi connectivity index (χ2n) is 7.89. The van der Waals surface area contributed by atoms with Gasteiger partial charge in [-0.2, -0.15) is 4.98 Å². The van der Waals surface area contributed by atoms with Crippen molar-refractivity contribution >= 4 is 16.7 Å². The van der Waals surface area contributed by atoms with Gasteiger partial charge in [-0.05, 0) is 55.2 Å². The summed E-state index contributed by atoms with van der Waals surface area (Å²) in [4.78, 5) is 12.0. The van der Waals surface area contributed by atoms with E-state index in [2.05, 4.69) is 29.1 Å². The Balaban J connectivity index is 1.57. The van der Waals surface area contributed by atoms with Crippen LogP contribution in [0, 0.1) is 5.92 Å². The number of pyridine rings is 1. The van der Waals surface area contributed by atoms with Crippen LogP contribution in [0.3, 0.4) is 0 Å². The predicted molar refractivity (Wildman–Crippen MR) is 118 cm³/mol. The lowest BCUT2D eigenvalue weighted by Gasteiger charge is -2.32. The lowest BCUT2D eigenvalue weighted by atomic mass is 10.00. The van der Waals surface area contributed by atoms with Crippen molar-refractivity contribution in [1.29, 1.82) is 0 Å². The highest BCUT2D eigenvalue weighted by Crippen LogP contribution is 2.33. The average Bonchev–Trinajstić information content (AvgIpc) is 3.28. The quantitative estimate of drug-likeness (QED) is 0.469. The van der Waals surface area contributed by atoms with Gasteiger partial charge in [-0.25, -0.2) is 4.98 Å². The van der Waals surface area contributed by atoms with Crippen LogP contribution in [0.5, 0.6) is 5.75 Å². The number of hydrogen-bond acceptors (Lipinski definition) is 6. The number of rotatable bonds is 4. The fraction of sp³-hybridized carbons (Fsp3) is 0.292. The molecule has 4 aromatic rings. The van der Waals surface area contributed by atoms with Gasteiger partial charge in [0.15, 0.2) is 0 Å². The minimum Gasteiger partial charge on any atom is -0.497 e. The molecule has 2 aromatic heterocycles. The molecule has 0 bridgehead atoms. The second kappa shape index (κ2) is 7.78. The van der Waals surface area contributed by atoms with E-state index in [0.717, 1.165) is 46.7 Å². The Hall–Kier alpha value is -3.41. The third kappa shape index (κ3) is 3.49. The van der Waals surface area contributed by atoms with Gasteiger partial charge in [-0.3, -0.25) is 0 Å². The monoisotopic (exact) mass is 400 g/mol. The van der Waals surface area contributed by atoms with Gasteiger partial charge in [0.05, 0.1) is 18.2 Å². The van der Waals surface area contributed by atoms with Crippen molar-refractivity contribution in [2.24, 2.45) is 5.92 Å². The molecular weight excluding hydrogens is 376 g/mol. The predicted octanol–water partition coefficient (Wildman–Crippen LogP) is 5.20. The Kier molecular flexibility index (Phi) is 4.83. The number of aromatic nitrogens is 3. The summed E-state index contributed by atoms with van der Waals surface area (Å²) in [7, 11) is 1.65. The van der Waals surface area contributed by atoms with E-state index in [9.17, 15) is 0 Å². The zero-order valence-corrected chi connectivity index (χ0v) is 17.2. The molecular formula is C24H24N4O2. The number of hydrogen-bond donors (Lipinski definition) is 0. The fourth-order valence-electron chi connectivity index (χ4n) is 4.09. The van der Waals surface area contributed by atoms with Crippen LogP contribution in [0.4, 0.5) is 5.82 Å². The third-order valence-corrected chi connectivity index (χ3v) is 5.69. The minimum atomic E-state index is 0.505. The summed E-state index contributed by atoms with van der Waals surface area (Å²) < 4.78 is 10.9. The molecule has 6 heteroatoms. The smallest absolute Gasteiger partial charge is 0.259 e. The number of nitrogens with zero attached hydrogens (tertiary/aromatic N) is 4. The highest BCUT2D eigenvalue weighted by molar-refractivity contribution is 5.94. The number of benzene rings is 2. The molecule has 152 valence electrons. The van der Waals surface area contributed by atoms with Crippen LogP contribution < -0.4 is 9.64 Å². The Morgan fingerprint density at radius 1 is 1.07 bits per heavy atom. The maximum absolute atomic E-state index is 5.69. The van der Waals surface area contributed by atoms with Gasteiger partial charge in [-0.15, -0.1) is 0 Å². The van der Waals surface area contributed by atoms with E-state index in [1.165, 1.54) is 12.8 Å². The van der Waals surface area contributed by atoms with E-state index >= 15 is 0 Å². The summed E-state index contributed by atoms with van der Waals surface area (Å²) in [5.41, 5.74) is 2.74. The van der Waals surface area contributed by atoms with Crippen LogP contribution in [0.2, 0.25) is 0 Å². The van der Waals surface area contributed by atoms with Crippen molar-refractivity contribution in [3.63, 3.8) is 0 Å². The molecule has 30 heavy (non-hydrogen) atoms. The molecule has 0 radical (unpaired) electrons. The normalized spacial score (nSPS) is 16.7. The van der Waals surface area contributed by atoms with Crippen LogP contribution in [0.1, 0.15) is 19.8 Å². The number of fused-ring (bicyclic) bond motifs is 1. The number of piperidine rings is 1. The van der Waals surface area contributed by atoms with Crippen LogP contribution in [-0.4, -0.2) is 35.3 Å². The van der Waals surface area contributed by atoms with Crippen LogP contribution >= 0.6 is 0 Å². The van der Waals surface area contributed by atoms with Crippen LogP contribution in [0.25, 0.3) is 33.7 Å². The molecule has 0 spiro atoms. The zero-order valence-electron chi connectivity index (χ0n) is 17.2. The SMILES string of the molecule is COc1ccc(-c2noc(-c3cc(N4CCCC(C)C4)nc4ccccc34)n2)cc1. The number of para-hydroxylation sites is 1. The summed E-state index contributed by atoms with van der Waals surface area (Å²) >= 11 is 0. The van der Waals surface area contributed by atoms with Gasteiger partial charge in [-0.1, -0.05) is 30.3 Å². The molecule has 6 nitrogen and oxygen atoms in total. The summed E-state index contributed by atoms with van der Waals surface area (Å²) in [5.74, 6) is 3.50. The van der Waals surface area contributed by atoms with Gasteiger partial charge >= 0.3 is 0 Å². The maximum atomic E-state index is 5.69. The molecule has 0 saturated carbocycles. The van der Waals surface area contributed by atoms with Crippen molar-refractivity contribution in [3.8, 4) is 28.6 Å². The zero-order chi connectivity index (χ0) is 20.5. The molecule has 0 aliphatic carbocycles. The van der Waals surface area contributed by atoms with E-state index in [1.807, 2.05) is 42.5 Å². The molecule has 1 aliphatic heterocycles. The molecule has 1 unspecified atom stereocenters. The first-order valence-electron chi connectivity index (χ1n) is 10.3. The minimum absolute atomic E-state index is 0.505. The number of methoxy groups -OCH3 is 1. The number of ether oxygens (including phenoxy) is 1. The molecule has 3 heterocycles. The largest absolute Gasteiger partial charge is 0.497 e. The van der Waals surface area contributed by atoms with Gasteiger partial charge in [0.1, 0.15) is 11.6 Å². The number of anilines is 1. The molecule has 5 rings (SSSR count). The van der Waals surface area contributed by atoms with Crippen molar-refractivity contribution in [3.05, 3.63) is 54.6 Å². The van der Waals surface area contributed by atoms with Crippen molar-refractivity contribution < 1.29 is 9.26 Å². The third-order valence-electron chi connectivity index (χ3n) is 5.69. The average molecular weight is 400 g/mol. The lowest BCUT2D eigenvalue weighted by molar-refractivity contribution is 0.415. The van der Waals surface area contributed by atoms with E-state index in [0.29, 0.717) is 17.6 Å². The summed E-state index contributed by atoms with van der Waals surface area (Å²) in [5, 5.41) is 5.23. The highest BCUT2D eigenvalue weighted by Gasteiger charge is 2.21. The van der Waals surface area contributed by atoms with Crippen molar-refractivity contribution in [2.45, 2.75) is 19.8 Å². The van der Waals surface area contributed by atoms with Crippen LogP contribution in [-0.2, 0) is 0 Å². The first-order chi connectivity index (χ1) is 14.7. The first kappa shape index (κ1) is 18.6. The summed E-state index contributed by atoms with van der Waals surface area (Å²) in [6.07, 6.45) is 2.46. The molecule has 0 amide bonds. The first-order valence-corrected chi connectivity index (χ1v) is 10.3. The lowest BCUT2D eigenvalue weighted by Crippen LogP contribution is -2.34.